The standard InChI is InChI=1S/C10H12O5S.C10H14O3/c11-16(12)14-8-10(15-16)7-13-6-9-4-2-1-3-5-9;11-6-10(12)8-13-7-9-4-2-1-3-5-9/h1-5,10H,6-8H2;1-5,10-12H,6-8H2/t2*10-/m01/s1. The molecule has 1 saturated heterocycles. The fourth-order valence-electron chi connectivity index (χ4n) is 2.28. The second kappa shape index (κ2) is 12.7. The molecule has 29 heavy (non-hydrogen) atoms. The Morgan fingerprint density at radius 2 is 1.52 bits per heavy atom. The van der Waals surface area contributed by atoms with Crippen LogP contribution in [-0.4, -0.2) is 57.3 Å². The van der Waals surface area contributed by atoms with Crippen LogP contribution < -0.4 is 0 Å². The van der Waals surface area contributed by atoms with Crippen LogP contribution in [0.5, 0.6) is 0 Å². The molecule has 3 rings (SSSR count). The number of hydrogen-bond donors (Lipinski definition) is 2. The highest BCUT2D eigenvalue weighted by Gasteiger charge is 2.29. The van der Waals surface area contributed by atoms with Crippen LogP contribution >= 0.6 is 0 Å². The maximum Gasteiger partial charge on any atom is 0.400 e. The predicted molar refractivity (Wildman–Crippen MR) is 105 cm³/mol. The van der Waals surface area contributed by atoms with Gasteiger partial charge in [0, 0.05) is 0 Å². The smallest absolute Gasteiger partial charge is 0.394 e. The van der Waals surface area contributed by atoms with Gasteiger partial charge in [-0.05, 0) is 11.1 Å². The van der Waals surface area contributed by atoms with E-state index in [1.807, 2.05) is 60.7 Å². The molecule has 160 valence electrons. The molecule has 0 aromatic heterocycles. The number of ether oxygens (including phenoxy) is 2. The molecule has 9 heteroatoms. The van der Waals surface area contributed by atoms with Crippen LogP contribution in [0.25, 0.3) is 0 Å². The molecule has 2 aromatic carbocycles. The van der Waals surface area contributed by atoms with Crippen molar-refractivity contribution in [3.63, 3.8) is 0 Å². The van der Waals surface area contributed by atoms with Crippen LogP contribution in [0.3, 0.4) is 0 Å². The number of benzene rings is 2. The SMILES string of the molecule is O=S1(=O)OC[C@H](COCc2ccccc2)O1.OC[C@@H](O)COCc1ccccc1. The number of aliphatic hydroxyl groups excluding tert-OH is 2. The van der Waals surface area contributed by atoms with Gasteiger partial charge in [0.05, 0.1) is 39.6 Å². The summed E-state index contributed by atoms with van der Waals surface area (Å²) in [5.41, 5.74) is 2.09. The molecule has 1 heterocycles. The van der Waals surface area contributed by atoms with Crippen molar-refractivity contribution in [1.29, 1.82) is 0 Å². The summed E-state index contributed by atoms with van der Waals surface area (Å²) in [5, 5.41) is 17.5. The van der Waals surface area contributed by atoms with Crippen molar-refractivity contribution in [1.82, 2.24) is 0 Å². The van der Waals surface area contributed by atoms with Crippen molar-refractivity contribution >= 4 is 10.4 Å². The lowest BCUT2D eigenvalue weighted by Crippen LogP contribution is -2.19. The molecule has 0 bridgehead atoms. The zero-order chi connectivity index (χ0) is 21.0. The van der Waals surface area contributed by atoms with Crippen molar-refractivity contribution < 1.29 is 36.5 Å². The first-order valence-electron chi connectivity index (χ1n) is 9.08. The zero-order valence-corrected chi connectivity index (χ0v) is 16.7. The lowest BCUT2D eigenvalue weighted by atomic mass is 10.2. The van der Waals surface area contributed by atoms with Gasteiger partial charge >= 0.3 is 10.4 Å². The van der Waals surface area contributed by atoms with Crippen LogP contribution in [-0.2, 0) is 41.5 Å². The van der Waals surface area contributed by atoms with E-state index < -0.39 is 22.6 Å². The Kier molecular flexibility index (Phi) is 10.2. The van der Waals surface area contributed by atoms with E-state index in [1.165, 1.54) is 0 Å². The second-order valence-corrected chi connectivity index (χ2v) is 7.49. The molecule has 2 aromatic rings. The van der Waals surface area contributed by atoms with Gasteiger partial charge in [-0.2, -0.15) is 8.42 Å². The Balaban J connectivity index is 0.000000212. The summed E-state index contributed by atoms with van der Waals surface area (Å²) in [5.74, 6) is 0. The molecule has 1 aliphatic rings. The third kappa shape index (κ3) is 9.95. The van der Waals surface area contributed by atoms with Gasteiger partial charge in [0.15, 0.2) is 0 Å². The van der Waals surface area contributed by atoms with Gasteiger partial charge in [0.2, 0.25) is 0 Å². The highest BCUT2D eigenvalue weighted by molar-refractivity contribution is 7.82. The molecule has 2 N–H and O–H groups in total. The molecule has 0 amide bonds. The summed E-state index contributed by atoms with van der Waals surface area (Å²) in [7, 11) is -3.77. The summed E-state index contributed by atoms with van der Waals surface area (Å²) in [6.07, 6.45) is -1.31. The van der Waals surface area contributed by atoms with Gasteiger partial charge < -0.3 is 19.7 Å². The number of aliphatic hydroxyl groups is 2. The molecule has 0 unspecified atom stereocenters. The van der Waals surface area contributed by atoms with Gasteiger partial charge in [-0.1, -0.05) is 60.7 Å². The molecule has 0 spiro atoms. The first-order valence-corrected chi connectivity index (χ1v) is 10.4. The monoisotopic (exact) mass is 426 g/mol. The van der Waals surface area contributed by atoms with E-state index in [0.29, 0.717) is 13.2 Å². The van der Waals surface area contributed by atoms with Gasteiger partial charge in [-0.15, -0.1) is 0 Å². The van der Waals surface area contributed by atoms with Gasteiger partial charge in [-0.3, -0.25) is 0 Å². The van der Waals surface area contributed by atoms with Crippen molar-refractivity contribution in [2.24, 2.45) is 0 Å². The molecule has 0 aliphatic carbocycles. The molecular formula is C20H26O8S. The predicted octanol–water partition coefficient (Wildman–Crippen LogP) is 1.42. The Bertz CT molecular complexity index is 783. The van der Waals surface area contributed by atoms with Crippen molar-refractivity contribution in [2.75, 3.05) is 26.4 Å². The number of rotatable bonds is 9. The summed E-state index contributed by atoms with van der Waals surface area (Å²) in [4.78, 5) is 0. The minimum Gasteiger partial charge on any atom is -0.394 e. The third-order valence-electron chi connectivity index (χ3n) is 3.70. The maximum absolute atomic E-state index is 10.8. The number of hydrogen-bond acceptors (Lipinski definition) is 8. The Morgan fingerprint density at radius 3 is 2.00 bits per heavy atom. The van der Waals surface area contributed by atoms with E-state index in [9.17, 15) is 8.42 Å². The fourth-order valence-corrected chi connectivity index (χ4v) is 3.10. The topological polar surface area (TPSA) is 112 Å². The first-order chi connectivity index (χ1) is 14.0. The summed E-state index contributed by atoms with van der Waals surface area (Å²) < 4.78 is 41.1. The molecule has 0 saturated carbocycles. The molecule has 1 aliphatic heterocycles. The van der Waals surface area contributed by atoms with E-state index in [1.54, 1.807) is 0 Å². The van der Waals surface area contributed by atoms with Gasteiger partial charge in [0.25, 0.3) is 0 Å². The quantitative estimate of drug-likeness (QED) is 0.619. The van der Waals surface area contributed by atoms with Crippen LogP contribution in [0.15, 0.2) is 60.7 Å². The molecule has 8 nitrogen and oxygen atoms in total. The van der Waals surface area contributed by atoms with Crippen LogP contribution in [0, 0.1) is 0 Å². The normalized spacial score (nSPS) is 18.6. The first kappa shape index (κ1) is 23.4. The van der Waals surface area contributed by atoms with Crippen molar-refractivity contribution in [2.45, 2.75) is 25.4 Å². The lowest BCUT2D eigenvalue weighted by molar-refractivity contribution is 0.0000253. The van der Waals surface area contributed by atoms with Crippen molar-refractivity contribution in [3.8, 4) is 0 Å². The van der Waals surface area contributed by atoms with Crippen LogP contribution in [0.2, 0.25) is 0 Å². The summed E-state index contributed by atoms with van der Waals surface area (Å²) in [6.45, 7) is 1.05. The summed E-state index contributed by atoms with van der Waals surface area (Å²) >= 11 is 0. The lowest BCUT2D eigenvalue weighted by Gasteiger charge is -2.07. The van der Waals surface area contributed by atoms with E-state index in [2.05, 4.69) is 8.37 Å². The molecule has 1 fully saturated rings. The zero-order valence-electron chi connectivity index (χ0n) is 15.9. The third-order valence-corrected chi connectivity index (χ3v) is 4.63. The molecule has 0 radical (unpaired) electrons. The van der Waals surface area contributed by atoms with E-state index in [-0.39, 0.29) is 26.4 Å². The largest absolute Gasteiger partial charge is 0.400 e. The average molecular weight is 426 g/mol. The highest BCUT2D eigenvalue weighted by Crippen LogP contribution is 2.13. The van der Waals surface area contributed by atoms with Crippen LogP contribution in [0.4, 0.5) is 0 Å². The molecular weight excluding hydrogens is 400 g/mol. The Hall–Kier alpha value is -1.85. The second-order valence-electron chi connectivity index (χ2n) is 6.25. The van der Waals surface area contributed by atoms with Gasteiger partial charge in [0.1, 0.15) is 12.2 Å². The Labute approximate surface area is 170 Å². The maximum atomic E-state index is 10.8. The van der Waals surface area contributed by atoms with E-state index in [0.717, 1.165) is 11.1 Å². The van der Waals surface area contributed by atoms with E-state index >= 15 is 0 Å². The van der Waals surface area contributed by atoms with Crippen LogP contribution in [0.1, 0.15) is 11.1 Å². The summed E-state index contributed by atoms with van der Waals surface area (Å²) in [6, 6.07) is 19.3. The van der Waals surface area contributed by atoms with Gasteiger partial charge in [-0.25, -0.2) is 8.37 Å². The minimum atomic E-state index is -3.77. The highest BCUT2D eigenvalue weighted by atomic mass is 32.3. The van der Waals surface area contributed by atoms with Crippen molar-refractivity contribution in [3.05, 3.63) is 71.8 Å². The van der Waals surface area contributed by atoms with E-state index in [4.69, 9.17) is 19.7 Å². The fraction of sp³-hybridized carbons (Fsp3) is 0.400. The Morgan fingerprint density at radius 1 is 0.966 bits per heavy atom. The molecule has 2 atom stereocenters. The minimum absolute atomic E-state index is 0.0249. The average Bonchev–Trinajstić information content (AvgIpc) is 3.08.